The second-order valence-corrected chi connectivity index (χ2v) is 4.71. The van der Waals surface area contributed by atoms with Crippen LogP contribution in [0.25, 0.3) is 0 Å². The maximum atomic E-state index is 11.7. The fourth-order valence-electron chi connectivity index (χ4n) is 2.16. The maximum Gasteiger partial charge on any atom is 0.308 e. The fraction of sp³-hybridized carbons (Fsp3) is 0.571. The van der Waals surface area contributed by atoms with E-state index in [1.54, 1.807) is 12.4 Å². The maximum absolute atomic E-state index is 11.7. The molecule has 0 bridgehead atoms. The molecule has 2 unspecified atom stereocenters. The van der Waals surface area contributed by atoms with Gasteiger partial charge in [-0.25, -0.2) is 0 Å². The Balaban J connectivity index is 1.73. The molecule has 1 aliphatic rings. The molecule has 0 amide bonds. The van der Waals surface area contributed by atoms with E-state index in [-0.39, 0.29) is 18.2 Å². The SMILES string of the molecule is CC(Cc1cccnc1)OC(=O)CC1CCCO1. The molecule has 98 valence electrons. The van der Waals surface area contributed by atoms with Gasteiger partial charge in [-0.2, -0.15) is 0 Å². The Morgan fingerprint density at radius 3 is 3.22 bits per heavy atom. The number of hydrogen-bond acceptors (Lipinski definition) is 4. The number of aromatic nitrogens is 1. The van der Waals surface area contributed by atoms with Gasteiger partial charge >= 0.3 is 5.97 Å². The highest BCUT2D eigenvalue weighted by molar-refractivity contribution is 5.70. The predicted molar refractivity (Wildman–Crippen MR) is 67.1 cm³/mol. The molecule has 1 aromatic rings. The monoisotopic (exact) mass is 249 g/mol. The van der Waals surface area contributed by atoms with Gasteiger partial charge < -0.3 is 9.47 Å². The van der Waals surface area contributed by atoms with E-state index in [2.05, 4.69) is 4.98 Å². The number of nitrogens with zero attached hydrogens (tertiary/aromatic N) is 1. The number of carbonyl (C=O) groups is 1. The number of hydrogen-bond donors (Lipinski definition) is 0. The van der Waals surface area contributed by atoms with Crippen molar-refractivity contribution >= 4 is 5.97 Å². The van der Waals surface area contributed by atoms with Crippen molar-refractivity contribution in [1.82, 2.24) is 4.98 Å². The molecule has 0 spiro atoms. The van der Waals surface area contributed by atoms with Crippen LogP contribution in [-0.4, -0.2) is 29.8 Å². The van der Waals surface area contributed by atoms with Crippen LogP contribution in [0.15, 0.2) is 24.5 Å². The minimum Gasteiger partial charge on any atom is -0.462 e. The molecule has 18 heavy (non-hydrogen) atoms. The van der Waals surface area contributed by atoms with Gasteiger partial charge in [0.2, 0.25) is 0 Å². The van der Waals surface area contributed by atoms with Gasteiger partial charge in [-0.05, 0) is 31.4 Å². The smallest absolute Gasteiger partial charge is 0.308 e. The van der Waals surface area contributed by atoms with Crippen molar-refractivity contribution in [2.24, 2.45) is 0 Å². The van der Waals surface area contributed by atoms with Crippen LogP contribution in [0.2, 0.25) is 0 Å². The lowest BCUT2D eigenvalue weighted by Crippen LogP contribution is -2.21. The minimum atomic E-state index is -0.168. The molecule has 1 aromatic heterocycles. The molecule has 2 atom stereocenters. The molecule has 2 heterocycles. The molecule has 0 aromatic carbocycles. The molecule has 0 saturated carbocycles. The topological polar surface area (TPSA) is 48.4 Å². The molecule has 1 saturated heterocycles. The normalized spacial score (nSPS) is 20.6. The summed E-state index contributed by atoms with van der Waals surface area (Å²) in [5.41, 5.74) is 1.08. The van der Waals surface area contributed by atoms with E-state index in [1.165, 1.54) is 0 Å². The number of esters is 1. The van der Waals surface area contributed by atoms with E-state index < -0.39 is 0 Å². The van der Waals surface area contributed by atoms with Crippen LogP contribution in [0.1, 0.15) is 31.7 Å². The van der Waals surface area contributed by atoms with Gasteiger partial charge in [0.15, 0.2) is 0 Å². The number of ether oxygens (including phenoxy) is 2. The lowest BCUT2D eigenvalue weighted by atomic mass is 10.1. The summed E-state index contributed by atoms with van der Waals surface area (Å²) in [6.07, 6.45) is 6.55. The van der Waals surface area contributed by atoms with Gasteiger partial charge in [0.1, 0.15) is 6.10 Å². The standard InChI is InChI=1S/C14H19NO3/c1-11(8-12-4-2-6-15-10-12)18-14(16)9-13-5-3-7-17-13/h2,4,6,10-11,13H,3,5,7-9H2,1H3. The second-order valence-electron chi connectivity index (χ2n) is 4.71. The molecule has 4 heteroatoms. The van der Waals surface area contributed by atoms with E-state index in [4.69, 9.17) is 9.47 Å². The Bertz CT molecular complexity index is 374. The Morgan fingerprint density at radius 2 is 2.56 bits per heavy atom. The highest BCUT2D eigenvalue weighted by Gasteiger charge is 2.21. The molecule has 4 nitrogen and oxygen atoms in total. The molecular formula is C14H19NO3. The van der Waals surface area contributed by atoms with Gasteiger partial charge in [-0.1, -0.05) is 6.07 Å². The first-order chi connectivity index (χ1) is 8.74. The zero-order valence-electron chi connectivity index (χ0n) is 10.7. The first kappa shape index (κ1) is 13.0. The third-order valence-corrected chi connectivity index (χ3v) is 3.00. The lowest BCUT2D eigenvalue weighted by molar-refractivity contribution is -0.150. The van der Waals surface area contributed by atoms with Crippen LogP contribution in [0.3, 0.4) is 0 Å². The summed E-state index contributed by atoms with van der Waals surface area (Å²) in [6, 6.07) is 3.87. The Labute approximate surface area is 107 Å². The van der Waals surface area contributed by atoms with Gasteiger partial charge in [-0.3, -0.25) is 9.78 Å². The summed E-state index contributed by atoms with van der Waals surface area (Å²) in [4.78, 5) is 15.7. The van der Waals surface area contributed by atoms with E-state index in [1.807, 2.05) is 19.1 Å². The average molecular weight is 249 g/mol. The Morgan fingerprint density at radius 1 is 1.67 bits per heavy atom. The zero-order valence-corrected chi connectivity index (χ0v) is 10.7. The summed E-state index contributed by atoms with van der Waals surface area (Å²) >= 11 is 0. The van der Waals surface area contributed by atoms with Crippen molar-refractivity contribution in [3.05, 3.63) is 30.1 Å². The van der Waals surface area contributed by atoms with Crippen molar-refractivity contribution in [3.63, 3.8) is 0 Å². The number of carbonyl (C=O) groups excluding carboxylic acids is 1. The summed E-state index contributed by atoms with van der Waals surface area (Å²) in [6.45, 7) is 2.67. The van der Waals surface area contributed by atoms with Crippen molar-refractivity contribution in [2.45, 2.75) is 44.8 Å². The summed E-state index contributed by atoms with van der Waals surface area (Å²) in [7, 11) is 0. The largest absolute Gasteiger partial charge is 0.462 e. The minimum absolute atomic E-state index is 0.0584. The van der Waals surface area contributed by atoms with Gasteiger partial charge in [-0.15, -0.1) is 0 Å². The van der Waals surface area contributed by atoms with Gasteiger partial charge in [0, 0.05) is 25.4 Å². The van der Waals surface area contributed by atoms with Crippen molar-refractivity contribution in [3.8, 4) is 0 Å². The zero-order chi connectivity index (χ0) is 12.8. The molecule has 1 fully saturated rings. The lowest BCUT2D eigenvalue weighted by Gasteiger charge is -2.15. The molecular weight excluding hydrogens is 230 g/mol. The van der Waals surface area contributed by atoms with Crippen LogP contribution in [-0.2, 0) is 20.7 Å². The average Bonchev–Trinajstić information content (AvgIpc) is 2.82. The molecule has 2 rings (SSSR count). The van der Waals surface area contributed by atoms with E-state index >= 15 is 0 Å². The van der Waals surface area contributed by atoms with Crippen LogP contribution in [0.5, 0.6) is 0 Å². The number of rotatable bonds is 5. The van der Waals surface area contributed by atoms with Crippen molar-refractivity contribution in [2.75, 3.05) is 6.61 Å². The molecule has 0 radical (unpaired) electrons. The van der Waals surface area contributed by atoms with E-state index in [0.717, 1.165) is 25.0 Å². The van der Waals surface area contributed by atoms with Crippen LogP contribution in [0, 0.1) is 0 Å². The molecule has 0 aliphatic carbocycles. The van der Waals surface area contributed by atoms with Crippen molar-refractivity contribution in [1.29, 1.82) is 0 Å². The summed E-state index contributed by atoms with van der Waals surface area (Å²) in [5.74, 6) is -0.168. The predicted octanol–water partition coefficient (Wildman–Crippen LogP) is 2.12. The Hall–Kier alpha value is -1.42. The highest BCUT2D eigenvalue weighted by atomic mass is 16.5. The van der Waals surface area contributed by atoms with Crippen LogP contribution < -0.4 is 0 Å². The quantitative estimate of drug-likeness (QED) is 0.750. The Kier molecular flexibility index (Phi) is 4.70. The summed E-state index contributed by atoms with van der Waals surface area (Å²) < 4.78 is 10.8. The first-order valence-electron chi connectivity index (χ1n) is 6.44. The third kappa shape index (κ3) is 4.11. The third-order valence-electron chi connectivity index (χ3n) is 3.00. The summed E-state index contributed by atoms with van der Waals surface area (Å²) in [5, 5.41) is 0. The second kappa shape index (κ2) is 6.50. The van der Waals surface area contributed by atoms with Gasteiger partial charge in [0.25, 0.3) is 0 Å². The first-order valence-corrected chi connectivity index (χ1v) is 6.44. The van der Waals surface area contributed by atoms with Crippen LogP contribution in [0.4, 0.5) is 0 Å². The fourth-order valence-corrected chi connectivity index (χ4v) is 2.16. The van der Waals surface area contributed by atoms with Gasteiger partial charge in [0.05, 0.1) is 12.5 Å². The molecule has 1 aliphatic heterocycles. The van der Waals surface area contributed by atoms with E-state index in [0.29, 0.717) is 12.8 Å². The van der Waals surface area contributed by atoms with Crippen molar-refractivity contribution < 1.29 is 14.3 Å². The number of pyridine rings is 1. The van der Waals surface area contributed by atoms with E-state index in [9.17, 15) is 4.79 Å². The molecule has 0 N–H and O–H groups in total. The van der Waals surface area contributed by atoms with Crippen LogP contribution >= 0.6 is 0 Å². The highest BCUT2D eigenvalue weighted by Crippen LogP contribution is 2.16.